The van der Waals surface area contributed by atoms with Crippen molar-refractivity contribution in [1.82, 2.24) is 14.2 Å². The average molecular weight is 553 g/mol. The largest absolute Gasteiger partial charge is 0.353 e. The molecule has 3 aliphatic carbocycles. The van der Waals surface area contributed by atoms with Gasteiger partial charge in [0.2, 0.25) is 0 Å². The molecule has 7 rings (SSSR count). The van der Waals surface area contributed by atoms with E-state index in [0.717, 1.165) is 61.7 Å². The van der Waals surface area contributed by atoms with Crippen molar-refractivity contribution >= 4 is 27.4 Å². The topological polar surface area (TPSA) is 22.6 Å². The van der Waals surface area contributed by atoms with Crippen LogP contribution in [0.5, 0.6) is 0 Å². The Labute approximate surface area is 244 Å². The lowest BCUT2D eigenvalue weighted by Crippen LogP contribution is -2.44. The predicted molar refractivity (Wildman–Crippen MR) is 173 cm³/mol. The van der Waals surface area contributed by atoms with Crippen LogP contribution in [0.15, 0.2) is 48.8 Å². The van der Waals surface area contributed by atoms with Crippen molar-refractivity contribution < 1.29 is 0 Å². The Hall–Kier alpha value is -1.85. The molecule has 2 saturated heterocycles. The molecule has 5 unspecified atom stereocenters. The van der Waals surface area contributed by atoms with Crippen LogP contribution in [0, 0.1) is 35.5 Å². The molecule has 218 valence electrons. The number of likely N-dealkylation sites (tertiary alicyclic amines) is 1. The third-order valence-corrected chi connectivity index (χ3v) is 11.1. The number of likely N-dealkylation sites (N-methyl/N-ethyl adjacent to an activating group) is 1. The van der Waals surface area contributed by atoms with E-state index in [4.69, 9.17) is 0 Å². The quantitative estimate of drug-likeness (QED) is 0.379. The van der Waals surface area contributed by atoms with Gasteiger partial charge in [-0.25, -0.2) is 0 Å². The summed E-state index contributed by atoms with van der Waals surface area (Å²) in [6, 6.07) is 8.49. The van der Waals surface area contributed by atoms with Gasteiger partial charge in [0.15, 0.2) is 0 Å². The molecule has 39 heavy (non-hydrogen) atoms. The molecule has 2 aliphatic heterocycles. The number of allylic oxidation sites excluding steroid dienone is 2. The van der Waals surface area contributed by atoms with Gasteiger partial charge in [-0.3, -0.25) is 0 Å². The molecule has 5 fully saturated rings. The molecule has 2 bridgehead atoms. The van der Waals surface area contributed by atoms with Gasteiger partial charge in [0.05, 0.1) is 4.70 Å². The van der Waals surface area contributed by atoms with Crippen LogP contribution in [0.4, 0.5) is 5.82 Å². The highest BCUT2D eigenvalue weighted by Gasteiger charge is 2.55. The fourth-order valence-electron chi connectivity index (χ4n) is 8.05. The minimum absolute atomic E-state index is 0. The van der Waals surface area contributed by atoms with Crippen LogP contribution < -0.4 is 4.90 Å². The summed E-state index contributed by atoms with van der Waals surface area (Å²) in [5.74, 6) is 6.33. The highest BCUT2D eigenvalue weighted by molar-refractivity contribution is 7.13. The summed E-state index contributed by atoms with van der Waals surface area (Å²) in [5, 5.41) is 1.30. The highest BCUT2D eigenvalue weighted by atomic mass is 32.1. The summed E-state index contributed by atoms with van der Waals surface area (Å²) in [7, 11) is 2.18. The SMILES string of the molecule is C.C.C.C=C1C2C3CC[C@H](C3)C2C(=C)N1CC1CCCCC1C.CN1CCN(c2nsc3ccccc23)CC1. The summed E-state index contributed by atoms with van der Waals surface area (Å²) in [5.41, 5.74) is 2.87. The Morgan fingerprint density at radius 1 is 0.872 bits per heavy atom. The van der Waals surface area contributed by atoms with E-state index in [9.17, 15) is 0 Å². The van der Waals surface area contributed by atoms with E-state index in [1.165, 1.54) is 78.8 Å². The predicted octanol–water partition coefficient (Wildman–Crippen LogP) is 8.77. The Morgan fingerprint density at radius 2 is 1.49 bits per heavy atom. The minimum Gasteiger partial charge on any atom is -0.353 e. The molecule has 1 aromatic carbocycles. The van der Waals surface area contributed by atoms with E-state index in [0.29, 0.717) is 0 Å². The van der Waals surface area contributed by atoms with Crippen molar-refractivity contribution in [3.63, 3.8) is 0 Å². The molecule has 5 heteroatoms. The maximum atomic E-state index is 4.59. The maximum Gasteiger partial charge on any atom is 0.150 e. The van der Waals surface area contributed by atoms with Crippen LogP contribution in [-0.2, 0) is 0 Å². The van der Waals surface area contributed by atoms with E-state index >= 15 is 0 Å². The van der Waals surface area contributed by atoms with Crippen molar-refractivity contribution in [3.05, 3.63) is 48.8 Å². The monoisotopic (exact) mass is 552 g/mol. The number of piperazine rings is 1. The van der Waals surface area contributed by atoms with Gasteiger partial charge in [-0.1, -0.05) is 73.8 Å². The van der Waals surface area contributed by atoms with Gasteiger partial charge >= 0.3 is 0 Å². The zero-order valence-electron chi connectivity index (χ0n) is 22.4. The fourth-order valence-corrected chi connectivity index (χ4v) is 8.84. The number of hydrogen-bond donors (Lipinski definition) is 0. The Balaban J connectivity index is 0.000000204. The first-order chi connectivity index (χ1) is 17.5. The summed E-state index contributed by atoms with van der Waals surface area (Å²) in [4.78, 5) is 7.33. The number of rotatable bonds is 3. The fraction of sp³-hybridized carbons (Fsp3) is 0.676. The summed E-state index contributed by atoms with van der Waals surface area (Å²) in [6.07, 6.45) is 10.1. The Bertz CT molecular complexity index is 1070. The molecule has 0 N–H and O–H groups in total. The number of fused-ring (bicyclic) bond motifs is 6. The van der Waals surface area contributed by atoms with Gasteiger partial charge in [0, 0.05) is 61.3 Å². The van der Waals surface area contributed by atoms with Crippen LogP contribution in [0.2, 0.25) is 0 Å². The van der Waals surface area contributed by atoms with Gasteiger partial charge < -0.3 is 14.7 Å². The van der Waals surface area contributed by atoms with Crippen LogP contribution in [0.1, 0.15) is 74.1 Å². The molecule has 3 saturated carbocycles. The molecule has 4 nitrogen and oxygen atoms in total. The van der Waals surface area contributed by atoms with Gasteiger partial charge in [-0.15, -0.1) is 0 Å². The van der Waals surface area contributed by atoms with Crippen molar-refractivity contribution in [3.8, 4) is 0 Å². The third kappa shape index (κ3) is 5.95. The molecule has 3 heterocycles. The number of benzene rings is 1. The van der Waals surface area contributed by atoms with Crippen molar-refractivity contribution in [2.75, 3.05) is 44.7 Å². The summed E-state index contributed by atoms with van der Waals surface area (Å²) >= 11 is 1.60. The first-order valence-corrected chi connectivity index (χ1v) is 15.2. The molecule has 1 aromatic heterocycles. The van der Waals surface area contributed by atoms with Crippen LogP contribution in [0.3, 0.4) is 0 Å². The van der Waals surface area contributed by atoms with E-state index in [1.54, 1.807) is 11.5 Å². The van der Waals surface area contributed by atoms with Gasteiger partial charge in [-0.2, -0.15) is 4.37 Å². The number of nitrogens with zero attached hydrogens (tertiary/aromatic N) is 4. The molecule has 5 aliphatic rings. The summed E-state index contributed by atoms with van der Waals surface area (Å²) in [6.45, 7) is 17.1. The van der Waals surface area contributed by atoms with E-state index < -0.39 is 0 Å². The first-order valence-electron chi connectivity index (χ1n) is 14.4. The number of anilines is 1. The number of aromatic nitrogens is 1. The third-order valence-electron chi connectivity index (χ3n) is 10.2. The van der Waals surface area contributed by atoms with Crippen molar-refractivity contribution in [2.45, 2.75) is 74.1 Å². The minimum atomic E-state index is 0. The molecular formula is C34H56N4S. The Morgan fingerprint density at radius 3 is 2.13 bits per heavy atom. The lowest BCUT2D eigenvalue weighted by atomic mass is 9.79. The van der Waals surface area contributed by atoms with Crippen molar-refractivity contribution in [1.29, 1.82) is 0 Å². The lowest BCUT2D eigenvalue weighted by Gasteiger charge is -2.34. The van der Waals surface area contributed by atoms with Crippen LogP contribution >= 0.6 is 11.5 Å². The van der Waals surface area contributed by atoms with Crippen LogP contribution in [-0.4, -0.2) is 53.9 Å². The lowest BCUT2D eigenvalue weighted by molar-refractivity contribution is 0.206. The van der Waals surface area contributed by atoms with E-state index in [1.807, 2.05) is 0 Å². The highest BCUT2D eigenvalue weighted by Crippen LogP contribution is 2.61. The molecule has 0 amide bonds. The van der Waals surface area contributed by atoms with Crippen LogP contribution in [0.25, 0.3) is 10.1 Å². The molecule has 0 spiro atoms. The smallest absolute Gasteiger partial charge is 0.150 e. The second-order valence-corrected chi connectivity index (χ2v) is 13.1. The maximum absolute atomic E-state index is 4.59. The Kier molecular flexibility index (Phi) is 10.7. The zero-order valence-corrected chi connectivity index (χ0v) is 23.2. The van der Waals surface area contributed by atoms with Gasteiger partial charge in [-0.05, 0) is 80.1 Å². The van der Waals surface area contributed by atoms with Gasteiger partial charge in [0.25, 0.3) is 0 Å². The van der Waals surface area contributed by atoms with Crippen molar-refractivity contribution in [2.24, 2.45) is 35.5 Å². The van der Waals surface area contributed by atoms with Gasteiger partial charge in [0.1, 0.15) is 5.82 Å². The standard InChI is InChI=1S/C19H29N.C12H15N3S.3CH4/c1-12-6-4-5-7-17(12)11-20-13(2)18-15-8-9-16(10-15)19(18)14(20)3;1-14-6-8-15(9-7-14)12-10-4-2-3-5-11(10)16-13-12;;;/h12,15-19H,2-11H2,1H3;2-5H,6-9H2,1H3;3*1H4/t12?,15-,16?,17?,18?,19?;;;;/m1..../s1. The molecule has 6 atom stereocenters. The molecular weight excluding hydrogens is 496 g/mol. The van der Waals surface area contributed by atoms with E-state index in [2.05, 4.69) is 70.5 Å². The molecule has 0 radical (unpaired) electrons. The number of hydrogen-bond acceptors (Lipinski definition) is 5. The molecule has 2 aromatic rings. The zero-order chi connectivity index (χ0) is 24.8. The second-order valence-electron chi connectivity index (χ2n) is 12.3. The average Bonchev–Trinajstić information content (AvgIpc) is 3.67. The van der Waals surface area contributed by atoms with E-state index in [-0.39, 0.29) is 22.3 Å². The second kappa shape index (κ2) is 13.2. The normalized spacial score (nSPS) is 31.6. The first kappa shape index (κ1) is 31.7. The summed E-state index contributed by atoms with van der Waals surface area (Å²) < 4.78 is 5.88.